The van der Waals surface area contributed by atoms with Gasteiger partial charge in [0.05, 0.1) is 48.5 Å². The summed E-state index contributed by atoms with van der Waals surface area (Å²) in [5, 5.41) is 34.1. The van der Waals surface area contributed by atoms with Crippen LogP contribution in [0, 0.1) is 6.92 Å². The lowest BCUT2D eigenvalue weighted by Gasteiger charge is -2.19. The number of nitrogens with zero attached hydrogens (tertiary/aromatic N) is 17. The minimum atomic E-state index is -0.382. The minimum Gasteiger partial charge on any atom is -0.448 e. The number of fused-ring (bicyclic) bond motifs is 1. The topological polar surface area (TPSA) is 329 Å². The van der Waals surface area contributed by atoms with Gasteiger partial charge >= 0.3 is 28.9 Å². The summed E-state index contributed by atoms with van der Waals surface area (Å²) in [6.45, 7) is 72.8. The molecule has 4 aliphatic heterocycles. The lowest BCUT2D eigenvalue weighted by atomic mass is 10.3. The first kappa shape index (κ1) is 105. The number of carbonyl (C=O) groups excluding carboxylic acids is 3. The normalized spacial score (nSPS) is 12.4. The third kappa shape index (κ3) is 44.0. The van der Waals surface area contributed by atoms with Crippen molar-refractivity contribution in [2.45, 2.75) is 322 Å². The van der Waals surface area contributed by atoms with Crippen molar-refractivity contribution in [3.8, 4) is 0 Å². The molecule has 0 unspecified atom stereocenters. The maximum absolute atomic E-state index is 10.9. The molecule has 5 aromatic heterocycles. The third-order valence-electron chi connectivity index (χ3n) is 12.1. The van der Waals surface area contributed by atoms with Gasteiger partial charge in [0.25, 0.3) is 0 Å². The number of H-pyrrole nitrogens is 3. The Morgan fingerprint density at radius 3 is 1.27 bits per heavy atom. The van der Waals surface area contributed by atoms with Crippen molar-refractivity contribution >= 4 is 41.4 Å². The SMILES string of the molecule is CC.CC.CC.CC.CC.CC.CC.CC.CC(C)N1CCC=N1.CC(C)N1CCCC1=O.CC(C)N1CCOC1=O.CC(C)N1N=CCC1=O.CC(C)n1cn[nH]c1=O.CC(C)n1cnc2ccccc21.CC(C)n1nc[nH]c1=O.CC(C)n1nn[nH]c1=O.Cc1nn(C(C)C)c(=O)o1. The van der Waals surface area contributed by atoms with E-state index in [4.69, 9.17) is 4.74 Å². The highest BCUT2D eigenvalue weighted by Crippen LogP contribution is 2.16. The molecule has 0 radical (unpaired) electrons. The molecule has 100 heavy (non-hydrogen) atoms. The number of amides is 3. The number of rotatable bonds is 9. The van der Waals surface area contributed by atoms with Crippen LogP contribution in [0.4, 0.5) is 4.79 Å². The smallest absolute Gasteiger partial charge is 0.437 e. The molecule has 1 aromatic carbocycles. The van der Waals surface area contributed by atoms with Crippen LogP contribution in [-0.4, -0.2) is 170 Å². The minimum absolute atomic E-state index is 0.0740. The molecule has 0 saturated carbocycles. The second kappa shape index (κ2) is 65.3. The number of aromatic nitrogens is 14. The number of tetrazole rings is 1. The van der Waals surface area contributed by atoms with Crippen LogP contribution in [0.15, 0.2) is 77.0 Å². The molecule has 29 heteroatoms. The van der Waals surface area contributed by atoms with Crippen LogP contribution in [0.2, 0.25) is 0 Å². The van der Waals surface area contributed by atoms with Crippen LogP contribution < -0.4 is 22.8 Å². The van der Waals surface area contributed by atoms with E-state index >= 15 is 0 Å². The molecule has 0 atom stereocenters. The molecule has 0 aliphatic carbocycles. The van der Waals surface area contributed by atoms with Crippen LogP contribution in [0.3, 0.4) is 0 Å². The Labute approximate surface area is 601 Å². The Balaban J connectivity index is -0.000000190. The molecule has 3 N–H and O–H groups in total. The van der Waals surface area contributed by atoms with E-state index in [-0.39, 0.29) is 71.1 Å². The standard InChI is InChI=1S/C10H12N2.C7H13NO.C6H10N2O2.C6H10N2O.C6H12N2.C6H11NO2.2C5H9N3O.C4H8N4O.8C2H6/c1-8(2)12-7-11-9-5-3-4-6-10(9)12;1-6(2)8-5-3-4-7(8)9;1-4(2)8-6(9)10-5(3)7-8;1-5(2)8-6(9)3-4-7-8;1-6(2)8-5-3-4-7-8;1-5(2)7-3-4-9-6(7)8;1-4(2)8-3-6-7-5(8)9;1-4(2)8-5(9)6-3-7-8;1-3(2)8-4(9)5-6-7-8;8*1-2/h3-8H,1-2H3;6H,3-5H2,1-2H3;4H,1-3H3;4-5H,3H2,1-2H3;4,6H,3,5H2,1-2H3;5H,3-4H2,1-2H3;3-4H,1-2H3,(H,7,9);3-4H,1-2H3,(H,6,7,9);3H,1-2H3,(H,5,7,9);8*1-2H3. The second-order valence-electron chi connectivity index (χ2n) is 21.9. The van der Waals surface area contributed by atoms with Crippen molar-refractivity contribution in [1.82, 2.24) is 88.9 Å². The molecule has 2 fully saturated rings. The number of carbonyl (C=O) groups is 3. The van der Waals surface area contributed by atoms with E-state index in [1.807, 2.05) is 230 Å². The van der Waals surface area contributed by atoms with Crippen molar-refractivity contribution in [3.63, 3.8) is 0 Å². The van der Waals surface area contributed by atoms with Gasteiger partial charge in [0.2, 0.25) is 17.7 Å². The van der Waals surface area contributed by atoms with Crippen molar-refractivity contribution < 1.29 is 23.5 Å². The van der Waals surface area contributed by atoms with Crippen molar-refractivity contribution in [3.05, 3.63) is 91.1 Å². The van der Waals surface area contributed by atoms with E-state index in [0.29, 0.717) is 43.0 Å². The van der Waals surface area contributed by atoms with Crippen LogP contribution >= 0.6 is 0 Å². The van der Waals surface area contributed by atoms with Crippen LogP contribution in [0.25, 0.3) is 11.0 Å². The predicted octanol–water partition coefficient (Wildman–Crippen LogP) is 15.0. The molecule has 4 aliphatic rings. The fourth-order valence-corrected chi connectivity index (χ4v) is 7.58. The Morgan fingerprint density at radius 2 is 1.02 bits per heavy atom. The third-order valence-corrected chi connectivity index (χ3v) is 12.1. The lowest BCUT2D eigenvalue weighted by molar-refractivity contribution is -0.130. The summed E-state index contributed by atoms with van der Waals surface area (Å²) in [4.78, 5) is 85.7. The summed E-state index contributed by atoms with van der Waals surface area (Å²) in [5.74, 6) is 0.459. The number of aryl methyl sites for hydroxylation is 1. The van der Waals surface area contributed by atoms with Gasteiger partial charge in [-0.05, 0) is 154 Å². The van der Waals surface area contributed by atoms with Gasteiger partial charge in [0.1, 0.15) is 19.3 Å². The highest BCUT2D eigenvalue weighted by atomic mass is 16.6. The molecule has 580 valence electrons. The molecule has 9 heterocycles. The maximum Gasteiger partial charge on any atom is 0.437 e. The number of para-hydroxylation sites is 2. The highest BCUT2D eigenvalue weighted by molar-refractivity contribution is 5.93. The monoisotopic (exact) mass is 1420 g/mol. The van der Waals surface area contributed by atoms with Crippen LogP contribution in [-0.2, 0) is 14.3 Å². The number of aromatic amines is 3. The van der Waals surface area contributed by atoms with E-state index in [2.05, 4.69) is 118 Å². The number of ether oxygens (including phenoxy) is 1. The van der Waals surface area contributed by atoms with Gasteiger partial charge in [0.15, 0.2) is 0 Å². The molecule has 29 nitrogen and oxygen atoms in total. The summed E-state index contributed by atoms with van der Waals surface area (Å²) in [6.07, 6.45) is 11.6. The molecule has 6 aromatic rings. The molecule has 0 bridgehead atoms. The van der Waals surface area contributed by atoms with Crippen molar-refractivity contribution in [2.75, 3.05) is 26.2 Å². The van der Waals surface area contributed by atoms with E-state index in [9.17, 15) is 33.6 Å². The molecule has 3 amide bonds. The second-order valence-corrected chi connectivity index (χ2v) is 21.9. The van der Waals surface area contributed by atoms with E-state index in [1.165, 1.54) is 41.8 Å². The van der Waals surface area contributed by atoms with Gasteiger partial charge in [-0.1, -0.05) is 123 Å². The molecule has 10 rings (SSSR count). The quantitative estimate of drug-likeness (QED) is 0.121. The number of hydrazone groups is 2. The van der Waals surface area contributed by atoms with Gasteiger partial charge in [0, 0.05) is 81.5 Å². The fourth-order valence-electron chi connectivity index (χ4n) is 7.58. The van der Waals surface area contributed by atoms with Gasteiger partial charge in [-0.25, -0.2) is 48.8 Å². The Kier molecular flexibility index (Phi) is 68.7. The zero-order chi connectivity index (χ0) is 79.4. The summed E-state index contributed by atoms with van der Waals surface area (Å²) >= 11 is 0. The number of hydrogen-bond donors (Lipinski definition) is 3. The molecular weight excluding hydrogens is 1280 g/mol. The Bertz CT molecular complexity index is 2990. The van der Waals surface area contributed by atoms with E-state index in [0.717, 1.165) is 44.4 Å². The van der Waals surface area contributed by atoms with Gasteiger partial charge in [-0.3, -0.25) is 24.1 Å². The van der Waals surface area contributed by atoms with Crippen LogP contribution in [0.5, 0.6) is 0 Å². The number of hydrogen-bond acceptors (Lipinski definition) is 18. The molecule has 2 saturated heterocycles. The first-order valence-electron chi connectivity index (χ1n) is 36.6. The fraction of sp³-hybridized carbons (Fsp3) is 0.732. The largest absolute Gasteiger partial charge is 0.448 e. The highest BCUT2D eigenvalue weighted by Gasteiger charge is 2.24. The zero-order valence-electron chi connectivity index (χ0n) is 68.8. The summed E-state index contributed by atoms with van der Waals surface area (Å²) in [7, 11) is 0. The van der Waals surface area contributed by atoms with Crippen molar-refractivity contribution in [1.29, 1.82) is 0 Å². The van der Waals surface area contributed by atoms with Crippen molar-refractivity contribution in [2.24, 2.45) is 10.2 Å². The summed E-state index contributed by atoms with van der Waals surface area (Å²) in [6, 6.07) is 10.6. The Hall–Kier alpha value is -8.27. The lowest BCUT2D eigenvalue weighted by Crippen LogP contribution is -2.31. The number of imidazole rings is 1. The van der Waals surface area contributed by atoms with Gasteiger partial charge < -0.3 is 23.5 Å². The van der Waals surface area contributed by atoms with Gasteiger partial charge in [-0.15, -0.1) is 5.10 Å². The number of likely N-dealkylation sites (tertiary alicyclic amines) is 1. The first-order chi connectivity index (χ1) is 47.5. The zero-order valence-corrected chi connectivity index (χ0v) is 68.8. The summed E-state index contributed by atoms with van der Waals surface area (Å²) in [5.41, 5.74) is 1.73. The maximum atomic E-state index is 10.9. The average molecular weight is 1420 g/mol. The van der Waals surface area contributed by atoms with Crippen LogP contribution in [0.1, 0.15) is 297 Å². The number of nitrogens with one attached hydrogen (secondary N) is 3. The van der Waals surface area contributed by atoms with E-state index in [1.54, 1.807) is 18.0 Å². The number of benzene rings is 1. The number of cyclic esters (lactones) is 1. The van der Waals surface area contributed by atoms with E-state index < -0.39 is 0 Å². The summed E-state index contributed by atoms with van der Waals surface area (Å²) < 4.78 is 17.1. The first-order valence-corrected chi connectivity index (χ1v) is 36.6. The Morgan fingerprint density at radius 1 is 0.490 bits per heavy atom. The molecular formula is C71H142N20O9. The average Bonchev–Trinajstić information content (AvgIpc) is 1.69. The predicted molar refractivity (Wildman–Crippen MR) is 414 cm³/mol. The molecule has 0 spiro atoms. The van der Waals surface area contributed by atoms with Gasteiger partial charge in [-0.2, -0.15) is 29.8 Å².